The Bertz CT molecular complexity index is 464. The number of carboxylic acids is 1. The summed E-state index contributed by atoms with van der Waals surface area (Å²) in [6.07, 6.45) is 1.38. The van der Waals surface area contributed by atoms with E-state index in [-0.39, 0.29) is 24.5 Å². The first-order valence-corrected chi connectivity index (χ1v) is 7.23. The van der Waals surface area contributed by atoms with Gasteiger partial charge in [-0.25, -0.2) is 0 Å². The third-order valence-electron chi connectivity index (χ3n) is 5.63. The first-order valence-electron chi connectivity index (χ1n) is 7.23. The highest BCUT2D eigenvalue weighted by Gasteiger charge is 2.72. The molecule has 3 N–H and O–H groups in total. The molecule has 2 saturated heterocycles. The average Bonchev–Trinajstić information content (AvgIpc) is 3.04. The molecule has 2 aliphatic heterocycles. The van der Waals surface area contributed by atoms with Crippen LogP contribution in [0.15, 0.2) is 0 Å². The highest BCUT2D eigenvalue weighted by Crippen LogP contribution is 2.58. The molecular weight excluding hydrogens is 260 g/mol. The Morgan fingerprint density at radius 3 is 2.65 bits per heavy atom. The molecule has 0 spiro atoms. The minimum atomic E-state index is -0.915. The molecule has 2 heterocycles. The number of rotatable bonds is 2. The van der Waals surface area contributed by atoms with E-state index in [9.17, 15) is 9.59 Å². The third kappa shape index (κ3) is 1.52. The molecule has 0 aromatic heterocycles. The summed E-state index contributed by atoms with van der Waals surface area (Å²) in [4.78, 5) is 25.5. The molecule has 4 unspecified atom stereocenters. The Morgan fingerprint density at radius 2 is 2.05 bits per heavy atom. The summed E-state index contributed by atoms with van der Waals surface area (Å²) in [5, 5.41) is 9.05. The van der Waals surface area contributed by atoms with Gasteiger partial charge in [0.2, 0.25) is 5.91 Å². The minimum Gasteiger partial charge on any atom is -0.481 e. The zero-order valence-corrected chi connectivity index (χ0v) is 12.0. The quantitative estimate of drug-likeness (QED) is 0.747. The maximum absolute atomic E-state index is 12.8. The molecule has 112 valence electrons. The second-order valence-corrected chi connectivity index (χ2v) is 6.85. The lowest BCUT2D eigenvalue weighted by molar-refractivity contribution is -0.183. The van der Waals surface area contributed by atoms with Crippen molar-refractivity contribution in [3.8, 4) is 0 Å². The van der Waals surface area contributed by atoms with Crippen molar-refractivity contribution in [2.75, 3.05) is 19.7 Å². The molecule has 1 amide bonds. The Labute approximate surface area is 118 Å². The zero-order valence-electron chi connectivity index (χ0n) is 12.0. The summed E-state index contributed by atoms with van der Waals surface area (Å²) in [6, 6.07) is 0. The maximum atomic E-state index is 12.8. The van der Waals surface area contributed by atoms with Gasteiger partial charge in [0, 0.05) is 31.0 Å². The smallest absolute Gasteiger partial charge is 0.308 e. The molecule has 3 rings (SSSR count). The van der Waals surface area contributed by atoms with Crippen molar-refractivity contribution < 1.29 is 19.4 Å². The summed E-state index contributed by atoms with van der Waals surface area (Å²) in [5.41, 5.74) is 5.18. The number of carbonyl (C=O) groups excluding carboxylic acids is 1. The maximum Gasteiger partial charge on any atom is 0.308 e. The van der Waals surface area contributed by atoms with Gasteiger partial charge in [-0.3, -0.25) is 9.59 Å². The fraction of sp³-hybridized carbons (Fsp3) is 0.857. The number of nitrogens with zero attached hydrogens (tertiary/aromatic N) is 1. The van der Waals surface area contributed by atoms with Crippen LogP contribution in [0.2, 0.25) is 0 Å². The molecule has 6 heteroatoms. The standard InChI is InChI=1S/C14H22N2O4/c1-13(2)10-9(4-6-20-10)14(13,15)12(19)16-5-3-8(7-16)11(17)18/h8-10H,3-7,15H2,1-2H3,(H,17,18). The third-order valence-corrected chi connectivity index (χ3v) is 5.63. The number of ether oxygens (including phenoxy) is 1. The Hall–Kier alpha value is -1.14. The lowest BCUT2D eigenvalue weighted by atomic mass is 9.47. The van der Waals surface area contributed by atoms with Gasteiger partial charge >= 0.3 is 5.97 Å². The van der Waals surface area contributed by atoms with Crippen LogP contribution in [0, 0.1) is 17.3 Å². The van der Waals surface area contributed by atoms with E-state index in [1.165, 1.54) is 0 Å². The number of hydrogen-bond donors (Lipinski definition) is 2. The van der Waals surface area contributed by atoms with E-state index in [0.717, 1.165) is 6.42 Å². The molecule has 0 aromatic carbocycles. The van der Waals surface area contributed by atoms with Gasteiger partial charge < -0.3 is 20.5 Å². The van der Waals surface area contributed by atoms with Crippen LogP contribution in [0.5, 0.6) is 0 Å². The van der Waals surface area contributed by atoms with E-state index in [2.05, 4.69) is 0 Å². The monoisotopic (exact) mass is 282 g/mol. The summed E-state index contributed by atoms with van der Waals surface area (Å²) in [5.74, 6) is -1.32. The Kier molecular flexibility index (Phi) is 2.89. The summed E-state index contributed by atoms with van der Waals surface area (Å²) >= 11 is 0. The second kappa shape index (κ2) is 4.18. The van der Waals surface area contributed by atoms with E-state index in [1.54, 1.807) is 4.90 Å². The number of likely N-dealkylation sites (tertiary alicyclic amines) is 1. The molecule has 0 bridgehead atoms. The van der Waals surface area contributed by atoms with Crippen LogP contribution >= 0.6 is 0 Å². The lowest BCUT2D eigenvalue weighted by Gasteiger charge is -2.61. The molecule has 3 aliphatic rings. The topological polar surface area (TPSA) is 92.9 Å². The first-order chi connectivity index (χ1) is 9.30. The summed E-state index contributed by atoms with van der Waals surface area (Å²) in [6.45, 7) is 5.37. The number of carboxylic acid groups (broad SMARTS) is 1. The van der Waals surface area contributed by atoms with Crippen molar-refractivity contribution in [3.05, 3.63) is 0 Å². The van der Waals surface area contributed by atoms with E-state index < -0.39 is 22.8 Å². The van der Waals surface area contributed by atoms with Crippen LogP contribution in [0.4, 0.5) is 0 Å². The fourth-order valence-electron chi connectivity index (χ4n) is 4.23. The van der Waals surface area contributed by atoms with Gasteiger partial charge in [0.05, 0.1) is 12.0 Å². The molecule has 3 fully saturated rings. The fourth-order valence-corrected chi connectivity index (χ4v) is 4.23. The summed E-state index contributed by atoms with van der Waals surface area (Å²) < 4.78 is 5.69. The van der Waals surface area contributed by atoms with Crippen LogP contribution in [0.1, 0.15) is 26.7 Å². The number of amides is 1. The number of nitrogens with two attached hydrogens (primary N) is 1. The van der Waals surface area contributed by atoms with Crippen LogP contribution in [0.3, 0.4) is 0 Å². The number of aliphatic carboxylic acids is 1. The number of carbonyl (C=O) groups is 2. The second-order valence-electron chi connectivity index (χ2n) is 6.85. The van der Waals surface area contributed by atoms with Crippen molar-refractivity contribution in [2.45, 2.75) is 38.3 Å². The van der Waals surface area contributed by atoms with Crippen LogP contribution in [0.25, 0.3) is 0 Å². The van der Waals surface area contributed by atoms with E-state index >= 15 is 0 Å². The van der Waals surface area contributed by atoms with Crippen LogP contribution < -0.4 is 5.73 Å². The Morgan fingerprint density at radius 1 is 1.35 bits per heavy atom. The van der Waals surface area contributed by atoms with Gasteiger partial charge in [-0.15, -0.1) is 0 Å². The molecule has 0 aromatic rings. The molecule has 20 heavy (non-hydrogen) atoms. The van der Waals surface area contributed by atoms with Gasteiger partial charge in [-0.2, -0.15) is 0 Å². The van der Waals surface area contributed by atoms with Crippen LogP contribution in [-0.2, 0) is 14.3 Å². The molecular formula is C14H22N2O4. The normalized spacial score (nSPS) is 42.1. The molecule has 1 saturated carbocycles. The number of fused-ring (bicyclic) bond motifs is 1. The molecule has 6 nitrogen and oxygen atoms in total. The van der Waals surface area contributed by atoms with Crippen molar-refractivity contribution in [2.24, 2.45) is 23.0 Å². The molecule has 0 radical (unpaired) electrons. The van der Waals surface area contributed by atoms with Gasteiger partial charge in [-0.05, 0) is 12.8 Å². The predicted molar refractivity (Wildman–Crippen MR) is 70.9 cm³/mol. The van der Waals surface area contributed by atoms with Gasteiger partial charge in [0.25, 0.3) is 0 Å². The first kappa shape index (κ1) is 13.8. The molecule has 4 atom stereocenters. The van der Waals surface area contributed by atoms with Gasteiger partial charge in [0.1, 0.15) is 5.54 Å². The Balaban J connectivity index is 1.79. The lowest BCUT2D eigenvalue weighted by Crippen LogP contribution is -2.80. The number of hydrogen-bond acceptors (Lipinski definition) is 4. The highest BCUT2D eigenvalue weighted by atomic mass is 16.5. The van der Waals surface area contributed by atoms with Gasteiger partial charge in [0.15, 0.2) is 0 Å². The van der Waals surface area contributed by atoms with Crippen molar-refractivity contribution in [1.29, 1.82) is 0 Å². The van der Waals surface area contributed by atoms with Crippen molar-refractivity contribution in [3.63, 3.8) is 0 Å². The van der Waals surface area contributed by atoms with E-state index in [4.69, 9.17) is 15.6 Å². The predicted octanol–water partition coefficient (Wildman–Crippen LogP) is 0.0619. The highest BCUT2D eigenvalue weighted by molar-refractivity contribution is 5.90. The average molecular weight is 282 g/mol. The summed E-state index contributed by atoms with van der Waals surface area (Å²) in [7, 11) is 0. The van der Waals surface area contributed by atoms with E-state index in [0.29, 0.717) is 19.6 Å². The van der Waals surface area contributed by atoms with Crippen molar-refractivity contribution >= 4 is 11.9 Å². The zero-order chi connectivity index (χ0) is 14.7. The van der Waals surface area contributed by atoms with Crippen LogP contribution in [-0.4, -0.2) is 53.2 Å². The SMILES string of the molecule is CC1(C)C2OCCC2C1(N)C(=O)N1CCC(C(=O)O)C1. The van der Waals surface area contributed by atoms with Crippen molar-refractivity contribution in [1.82, 2.24) is 4.90 Å². The van der Waals surface area contributed by atoms with E-state index in [1.807, 2.05) is 13.8 Å². The van der Waals surface area contributed by atoms with Gasteiger partial charge in [-0.1, -0.05) is 13.8 Å². The largest absolute Gasteiger partial charge is 0.481 e. The molecule has 1 aliphatic carbocycles. The minimum absolute atomic E-state index is 0.0503.